The van der Waals surface area contributed by atoms with Crippen LogP contribution in [0.2, 0.25) is 0 Å². The predicted molar refractivity (Wildman–Crippen MR) is 75.9 cm³/mol. The molecular formula is C13H17N5O3. The Balaban J connectivity index is 2.32. The number of nitro groups is 1. The number of β-amino-alcohol motifs (C(OH)–C–C–N with tert-alkyl or cyclic N) is 1. The Morgan fingerprint density at radius 1 is 1.62 bits per heavy atom. The van der Waals surface area contributed by atoms with Crippen LogP contribution in [0.25, 0.3) is 0 Å². The molecule has 0 bridgehead atoms. The van der Waals surface area contributed by atoms with Crippen LogP contribution in [0.15, 0.2) is 12.1 Å². The zero-order valence-electron chi connectivity index (χ0n) is 11.9. The lowest BCUT2D eigenvalue weighted by Gasteiger charge is -2.27. The minimum atomic E-state index is -0.620. The van der Waals surface area contributed by atoms with E-state index in [2.05, 4.69) is 4.98 Å². The highest BCUT2D eigenvalue weighted by Gasteiger charge is 2.33. The second kappa shape index (κ2) is 6.03. The summed E-state index contributed by atoms with van der Waals surface area (Å²) in [4.78, 5) is 18.2. The SMILES string of the molecule is CN(C)CC1CC(O)CN1c1ccc([N+](=O)[O-])c(C#N)n1. The molecule has 1 fully saturated rings. The summed E-state index contributed by atoms with van der Waals surface area (Å²) >= 11 is 0. The third kappa shape index (κ3) is 3.26. The highest BCUT2D eigenvalue weighted by Crippen LogP contribution is 2.27. The van der Waals surface area contributed by atoms with E-state index >= 15 is 0 Å². The first-order valence-corrected chi connectivity index (χ1v) is 6.57. The molecule has 1 saturated heterocycles. The Labute approximate surface area is 122 Å². The third-order valence-corrected chi connectivity index (χ3v) is 3.42. The average molecular weight is 291 g/mol. The largest absolute Gasteiger partial charge is 0.391 e. The molecule has 2 heterocycles. The van der Waals surface area contributed by atoms with Crippen molar-refractivity contribution in [3.05, 3.63) is 27.9 Å². The molecule has 2 atom stereocenters. The quantitative estimate of drug-likeness (QED) is 0.630. The molecule has 21 heavy (non-hydrogen) atoms. The smallest absolute Gasteiger partial charge is 0.305 e. The molecule has 0 radical (unpaired) electrons. The summed E-state index contributed by atoms with van der Waals surface area (Å²) in [6.45, 7) is 1.14. The van der Waals surface area contributed by atoms with Crippen LogP contribution in [0.4, 0.5) is 11.5 Å². The monoisotopic (exact) mass is 291 g/mol. The number of likely N-dealkylation sites (N-methyl/N-ethyl adjacent to an activating group) is 1. The van der Waals surface area contributed by atoms with Crippen molar-refractivity contribution in [3.8, 4) is 6.07 Å². The number of nitriles is 1. The van der Waals surface area contributed by atoms with Gasteiger partial charge in [0.2, 0.25) is 5.69 Å². The molecule has 0 spiro atoms. The molecule has 0 aromatic carbocycles. The van der Waals surface area contributed by atoms with Crippen LogP contribution in [0.5, 0.6) is 0 Å². The first-order chi connectivity index (χ1) is 9.92. The number of pyridine rings is 1. The molecule has 0 aliphatic carbocycles. The zero-order valence-corrected chi connectivity index (χ0v) is 11.9. The average Bonchev–Trinajstić information content (AvgIpc) is 2.77. The van der Waals surface area contributed by atoms with Crippen molar-refractivity contribution in [2.45, 2.75) is 18.6 Å². The van der Waals surface area contributed by atoms with Gasteiger partial charge >= 0.3 is 5.69 Å². The summed E-state index contributed by atoms with van der Waals surface area (Å²) in [5, 5.41) is 29.7. The molecule has 0 amide bonds. The minimum absolute atomic E-state index is 0.0653. The van der Waals surface area contributed by atoms with Crippen molar-refractivity contribution >= 4 is 11.5 Å². The molecular weight excluding hydrogens is 274 g/mol. The van der Waals surface area contributed by atoms with Crippen LogP contribution < -0.4 is 4.90 Å². The van der Waals surface area contributed by atoms with Gasteiger partial charge in [0, 0.05) is 25.2 Å². The van der Waals surface area contributed by atoms with Gasteiger partial charge in [0.25, 0.3) is 0 Å². The summed E-state index contributed by atoms with van der Waals surface area (Å²) in [5.41, 5.74) is -0.507. The van der Waals surface area contributed by atoms with Gasteiger partial charge in [0.05, 0.1) is 11.0 Å². The molecule has 2 rings (SSSR count). The second-order valence-corrected chi connectivity index (χ2v) is 5.36. The fraction of sp³-hybridized carbons (Fsp3) is 0.538. The number of aromatic nitrogens is 1. The molecule has 1 N–H and O–H groups in total. The van der Waals surface area contributed by atoms with E-state index in [4.69, 9.17) is 5.26 Å². The van der Waals surface area contributed by atoms with Crippen molar-refractivity contribution in [2.24, 2.45) is 0 Å². The lowest BCUT2D eigenvalue weighted by Crippen LogP contribution is -2.38. The van der Waals surface area contributed by atoms with E-state index in [1.165, 1.54) is 12.1 Å². The molecule has 1 aliphatic heterocycles. The first-order valence-electron chi connectivity index (χ1n) is 6.57. The van der Waals surface area contributed by atoms with Crippen molar-refractivity contribution in [1.82, 2.24) is 9.88 Å². The van der Waals surface area contributed by atoms with Crippen LogP contribution in [0.3, 0.4) is 0 Å². The zero-order chi connectivity index (χ0) is 15.6. The van der Waals surface area contributed by atoms with Crippen LogP contribution in [-0.4, -0.2) is 59.2 Å². The first kappa shape index (κ1) is 15.2. The second-order valence-electron chi connectivity index (χ2n) is 5.36. The van der Waals surface area contributed by atoms with Crippen molar-refractivity contribution < 1.29 is 10.0 Å². The fourth-order valence-corrected chi connectivity index (χ4v) is 2.60. The topological polar surface area (TPSA) is 107 Å². The number of aliphatic hydroxyl groups excluding tert-OH is 1. The molecule has 8 nitrogen and oxygen atoms in total. The predicted octanol–water partition coefficient (Wildman–Crippen LogP) is 0.363. The summed E-state index contributed by atoms with van der Waals surface area (Å²) in [6, 6.07) is 4.64. The summed E-state index contributed by atoms with van der Waals surface area (Å²) in [5.74, 6) is 0.487. The number of nitrogens with zero attached hydrogens (tertiary/aromatic N) is 5. The molecule has 112 valence electrons. The number of rotatable bonds is 4. The number of anilines is 1. The van der Waals surface area contributed by atoms with Crippen molar-refractivity contribution in [3.63, 3.8) is 0 Å². The molecule has 2 unspecified atom stereocenters. The van der Waals surface area contributed by atoms with E-state index in [0.717, 1.165) is 6.54 Å². The van der Waals surface area contributed by atoms with Gasteiger partial charge in [-0.05, 0) is 26.6 Å². The van der Waals surface area contributed by atoms with Crippen LogP contribution in [-0.2, 0) is 0 Å². The molecule has 1 aromatic heterocycles. The van der Waals surface area contributed by atoms with E-state index in [0.29, 0.717) is 18.8 Å². The lowest BCUT2D eigenvalue weighted by molar-refractivity contribution is -0.385. The maximum Gasteiger partial charge on any atom is 0.305 e. The maximum absolute atomic E-state index is 10.8. The summed E-state index contributed by atoms with van der Waals surface area (Å²) in [7, 11) is 3.87. The van der Waals surface area contributed by atoms with Crippen molar-refractivity contribution in [2.75, 3.05) is 32.1 Å². The van der Waals surface area contributed by atoms with E-state index < -0.39 is 11.0 Å². The molecule has 1 aliphatic rings. The Morgan fingerprint density at radius 2 is 2.33 bits per heavy atom. The number of aliphatic hydroxyl groups is 1. The van der Waals surface area contributed by atoms with Crippen LogP contribution >= 0.6 is 0 Å². The van der Waals surface area contributed by atoms with Gasteiger partial charge < -0.3 is 14.9 Å². The third-order valence-electron chi connectivity index (χ3n) is 3.42. The van der Waals surface area contributed by atoms with Gasteiger partial charge in [-0.3, -0.25) is 10.1 Å². The normalized spacial score (nSPS) is 21.6. The lowest BCUT2D eigenvalue weighted by atomic mass is 10.2. The summed E-state index contributed by atoms with van der Waals surface area (Å²) < 4.78 is 0. The Morgan fingerprint density at radius 3 is 2.90 bits per heavy atom. The van der Waals surface area contributed by atoms with Crippen molar-refractivity contribution in [1.29, 1.82) is 5.26 Å². The molecule has 0 saturated carbocycles. The highest BCUT2D eigenvalue weighted by molar-refractivity contribution is 5.52. The van der Waals surface area contributed by atoms with Gasteiger partial charge in [0.1, 0.15) is 11.9 Å². The fourth-order valence-electron chi connectivity index (χ4n) is 2.60. The Kier molecular flexibility index (Phi) is 4.35. The van der Waals surface area contributed by atoms with Gasteiger partial charge in [-0.2, -0.15) is 5.26 Å². The van der Waals surface area contributed by atoms with E-state index in [1.54, 1.807) is 6.07 Å². The van der Waals surface area contributed by atoms with Gasteiger partial charge in [-0.15, -0.1) is 0 Å². The minimum Gasteiger partial charge on any atom is -0.391 e. The standard InChI is InChI=1S/C13H17N5O3/c1-16(2)7-9-5-10(19)8-17(9)13-4-3-12(18(20)21)11(6-14)15-13/h3-4,9-10,19H,5,7-8H2,1-2H3. The molecule has 1 aromatic rings. The Hall–Kier alpha value is -2.24. The van der Waals surface area contributed by atoms with Crippen LogP contribution in [0.1, 0.15) is 12.1 Å². The maximum atomic E-state index is 10.8. The highest BCUT2D eigenvalue weighted by atomic mass is 16.6. The van der Waals surface area contributed by atoms with E-state index in [1.807, 2.05) is 23.9 Å². The van der Waals surface area contributed by atoms with E-state index in [-0.39, 0.29) is 17.4 Å². The summed E-state index contributed by atoms with van der Waals surface area (Å²) in [6.07, 6.45) is 0.149. The number of hydrogen-bond donors (Lipinski definition) is 1. The number of hydrogen-bond acceptors (Lipinski definition) is 7. The van der Waals surface area contributed by atoms with Gasteiger partial charge in [-0.1, -0.05) is 0 Å². The molecule has 8 heteroatoms. The Bertz CT molecular complexity index is 584. The van der Waals surface area contributed by atoms with E-state index in [9.17, 15) is 15.2 Å². The van der Waals surface area contributed by atoms with Crippen LogP contribution in [0, 0.1) is 21.4 Å². The van der Waals surface area contributed by atoms with Gasteiger partial charge in [-0.25, -0.2) is 4.98 Å². The van der Waals surface area contributed by atoms with Gasteiger partial charge in [0.15, 0.2) is 0 Å².